The first-order valence-corrected chi connectivity index (χ1v) is 6.04. The summed E-state index contributed by atoms with van der Waals surface area (Å²) in [7, 11) is 0. The zero-order valence-electron chi connectivity index (χ0n) is 10.7. The molecule has 0 saturated heterocycles. The van der Waals surface area contributed by atoms with Crippen molar-refractivity contribution in [2.45, 2.75) is 0 Å². The first-order valence-electron chi connectivity index (χ1n) is 6.04. The van der Waals surface area contributed by atoms with E-state index in [4.69, 9.17) is 4.74 Å². The summed E-state index contributed by atoms with van der Waals surface area (Å²) in [4.78, 5) is 26.2. The number of rotatable bonds is 2. The molecule has 0 unspecified atom stereocenters. The van der Waals surface area contributed by atoms with E-state index in [2.05, 4.69) is 4.98 Å². The van der Waals surface area contributed by atoms with E-state index in [-0.39, 0.29) is 11.4 Å². The minimum atomic E-state index is -0.627. The van der Waals surface area contributed by atoms with E-state index in [0.717, 1.165) is 5.39 Å². The third kappa shape index (κ3) is 2.44. The first-order chi connectivity index (χ1) is 10.1. The molecule has 0 aliphatic heterocycles. The smallest absolute Gasteiger partial charge is 0.410 e. The SMILES string of the molecule is O=C(Oc1ccc([N+](=O)[O-])cc1)n1ccc2cccnc21. The Kier molecular flexibility index (Phi) is 3.07. The van der Waals surface area contributed by atoms with Crippen LogP contribution >= 0.6 is 0 Å². The molecule has 0 fully saturated rings. The lowest BCUT2D eigenvalue weighted by molar-refractivity contribution is -0.384. The molecule has 7 heteroatoms. The van der Waals surface area contributed by atoms with Gasteiger partial charge in [-0.2, -0.15) is 0 Å². The maximum Gasteiger partial charge on any atom is 0.425 e. The fraction of sp³-hybridized carbons (Fsp3) is 0. The minimum absolute atomic E-state index is 0.0668. The van der Waals surface area contributed by atoms with Gasteiger partial charge in [-0.1, -0.05) is 0 Å². The zero-order chi connectivity index (χ0) is 14.8. The van der Waals surface area contributed by atoms with Crippen LogP contribution in [-0.4, -0.2) is 20.6 Å². The van der Waals surface area contributed by atoms with Crippen molar-refractivity contribution in [1.82, 2.24) is 9.55 Å². The van der Waals surface area contributed by atoms with Gasteiger partial charge in [-0.25, -0.2) is 14.3 Å². The van der Waals surface area contributed by atoms with E-state index in [9.17, 15) is 14.9 Å². The number of fused-ring (bicyclic) bond motifs is 1. The molecule has 0 atom stereocenters. The molecule has 2 heterocycles. The molecule has 7 nitrogen and oxygen atoms in total. The molecule has 3 rings (SSSR count). The topological polar surface area (TPSA) is 87.3 Å². The van der Waals surface area contributed by atoms with Gasteiger partial charge in [0.2, 0.25) is 0 Å². The van der Waals surface area contributed by atoms with Crippen molar-refractivity contribution in [3.8, 4) is 5.75 Å². The fourth-order valence-corrected chi connectivity index (χ4v) is 1.90. The van der Waals surface area contributed by atoms with Crippen molar-refractivity contribution < 1.29 is 14.5 Å². The van der Waals surface area contributed by atoms with E-state index >= 15 is 0 Å². The molecular formula is C14H9N3O4. The van der Waals surface area contributed by atoms with E-state index in [1.54, 1.807) is 24.5 Å². The standard InChI is InChI=1S/C14H9N3O4/c18-14(16-9-7-10-2-1-8-15-13(10)16)21-12-5-3-11(4-6-12)17(19)20/h1-9H. The maximum absolute atomic E-state index is 12.1. The molecule has 0 amide bonds. The number of non-ortho nitro benzene ring substituents is 1. The van der Waals surface area contributed by atoms with Gasteiger partial charge in [-0.3, -0.25) is 10.1 Å². The number of nitrogens with zero attached hydrogens (tertiary/aromatic N) is 3. The summed E-state index contributed by atoms with van der Waals surface area (Å²) in [5, 5.41) is 11.4. The predicted molar refractivity (Wildman–Crippen MR) is 74.3 cm³/mol. The number of pyridine rings is 1. The lowest BCUT2D eigenvalue weighted by Gasteiger charge is -2.05. The Balaban J connectivity index is 1.84. The summed E-state index contributed by atoms with van der Waals surface area (Å²) < 4.78 is 6.44. The van der Waals surface area contributed by atoms with Crippen molar-refractivity contribution in [3.05, 3.63) is 65.0 Å². The van der Waals surface area contributed by atoms with Crippen LogP contribution in [0.4, 0.5) is 10.5 Å². The number of nitro benzene ring substituents is 1. The van der Waals surface area contributed by atoms with E-state index in [1.165, 1.54) is 28.8 Å². The highest BCUT2D eigenvalue weighted by Gasteiger charge is 2.12. The van der Waals surface area contributed by atoms with Crippen LogP contribution in [0.2, 0.25) is 0 Å². The number of nitro groups is 1. The van der Waals surface area contributed by atoms with E-state index in [1.807, 2.05) is 6.07 Å². The number of carbonyl (C=O) groups excluding carboxylic acids is 1. The molecule has 0 bridgehead atoms. The summed E-state index contributed by atoms with van der Waals surface area (Å²) >= 11 is 0. The molecule has 0 radical (unpaired) electrons. The second-order valence-corrected chi connectivity index (χ2v) is 4.22. The lowest BCUT2D eigenvalue weighted by atomic mass is 10.3. The van der Waals surface area contributed by atoms with E-state index < -0.39 is 11.0 Å². The van der Waals surface area contributed by atoms with Gasteiger partial charge in [0.25, 0.3) is 5.69 Å². The highest BCUT2D eigenvalue weighted by molar-refractivity contribution is 5.87. The molecule has 3 aromatic rings. The second-order valence-electron chi connectivity index (χ2n) is 4.22. The highest BCUT2D eigenvalue weighted by Crippen LogP contribution is 2.19. The predicted octanol–water partition coefficient (Wildman–Crippen LogP) is 2.99. The Labute approximate surface area is 118 Å². The summed E-state index contributed by atoms with van der Waals surface area (Å²) in [5.41, 5.74) is 0.423. The molecule has 0 aliphatic rings. The van der Waals surface area contributed by atoms with Gasteiger partial charge in [0.05, 0.1) is 4.92 Å². The molecule has 0 spiro atoms. The monoisotopic (exact) mass is 283 g/mol. The number of hydrogen-bond donors (Lipinski definition) is 0. The van der Waals surface area contributed by atoms with Gasteiger partial charge in [-0.15, -0.1) is 0 Å². The maximum atomic E-state index is 12.1. The van der Waals surface area contributed by atoms with Gasteiger partial charge in [0.1, 0.15) is 11.4 Å². The van der Waals surface area contributed by atoms with Crippen molar-refractivity contribution >= 4 is 22.8 Å². The van der Waals surface area contributed by atoms with Crippen LogP contribution in [-0.2, 0) is 0 Å². The van der Waals surface area contributed by atoms with Crippen molar-refractivity contribution in [2.24, 2.45) is 0 Å². The van der Waals surface area contributed by atoms with Crippen LogP contribution in [0.15, 0.2) is 54.9 Å². The molecular weight excluding hydrogens is 274 g/mol. The molecule has 104 valence electrons. The summed E-state index contributed by atoms with van der Waals surface area (Å²) in [5.74, 6) is 0.225. The van der Waals surface area contributed by atoms with Crippen LogP contribution in [0.25, 0.3) is 11.0 Å². The zero-order valence-corrected chi connectivity index (χ0v) is 10.7. The van der Waals surface area contributed by atoms with Crippen LogP contribution in [0.3, 0.4) is 0 Å². The van der Waals surface area contributed by atoms with Crippen molar-refractivity contribution in [2.75, 3.05) is 0 Å². The van der Waals surface area contributed by atoms with Gasteiger partial charge in [0.15, 0.2) is 0 Å². The Bertz CT molecular complexity index is 824. The molecule has 21 heavy (non-hydrogen) atoms. The van der Waals surface area contributed by atoms with Gasteiger partial charge < -0.3 is 4.74 Å². The third-order valence-electron chi connectivity index (χ3n) is 2.90. The summed E-state index contributed by atoms with van der Waals surface area (Å²) in [6, 6.07) is 10.6. The third-order valence-corrected chi connectivity index (χ3v) is 2.90. The number of aromatic nitrogens is 2. The highest BCUT2D eigenvalue weighted by atomic mass is 16.6. The van der Waals surface area contributed by atoms with Crippen LogP contribution < -0.4 is 4.74 Å². The van der Waals surface area contributed by atoms with E-state index in [0.29, 0.717) is 5.65 Å². The van der Waals surface area contributed by atoms with Crippen LogP contribution in [0, 0.1) is 10.1 Å². The first kappa shape index (κ1) is 12.8. The number of hydrogen-bond acceptors (Lipinski definition) is 5. The quantitative estimate of drug-likeness (QED) is 0.533. The Hall–Kier alpha value is -3.22. The molecule has 2 aromatic heterocycles. The molecule has 0 saturated carbocycles. The van der Waals surface area contributed by atoms with Crippen molar-refractivity contribution in [3.63, 3.8) is 0 Å². The van der Waals surface area contributed by atoms with Crippen LogP contribution in [0.5, 0.6) is 5.75 Å². The molecule has 1 aromatic carbocycles. The Morgan fingerprint density at radius 3 is 2.67 bits per heavy atom. The Morgan fingerprint density at radius 2 is 1.95 bits per heavy atom. The average Bonchev–Trinajstić information content (AvgIpc) is 2.92. The number of carbonyl (C=O) groups is 1. The average molecular weight is 283 g/mol. The normalized spacial score (nSPS) is 10.5. The summed E-state index contributed by atoms with van der Waals surface area (Å²) in [6.45, 7) is 0. The van der Waals surface area contributed by atoms with Gasteiger partial charge in [-0.05, 0) is 30.3 Å². The number of benzene rings is 1. The van der Waals surface area contributed by atoms with Gasteiger partial charge in [0, 0.05) is 29.9 Å². The summed E-state index contributed by atoms with van der Waals surface area (Å²) in [6.07, 6.45) is 2.51. The van der Waals surface area contributed by atoms with Crippen LogP contribution in [0.1, 0.15) is 0 Å². The van der Waals surface area contributed by atoms with Crippen molar-refractivity contribution in [1.29, 1.82) is 0 Å². The minimum Gasteiger partial charge on any atom is -0.410 e. The fourth-order valence-electron chi connectivity index (χ4n) is 1.90. The largest absolute Gasteiger partial charge is 0.425 e. The van der Waals surface area contributed by atoms with Gasteiger partial charge >= 0.3 is 6.09 Å². The second kappa shape index (κ2) is 5.04. The molecule has 0 N–H and O–H groups in total. The lowest BCUT2D eigenvalue weighted by Crippen LogP contribution is -2.16. The Morgan fingerprint density at radius 1 is 1.19 bits per heavy atom. The number of ether oxygens (including phenoxy) is 1. The molecule has 0 aliphatic carbocycles.